The van der Waals surface area contributed by atoms with Gasteiger partial charge in [-0.1, -0.05) is 6.07 Å². The molecule has 9 nitrogen and oxygen atoms in total. The Balaban J connectivity index is 1.48. The molecule has 1 saturated carbocycles. The van der Waals surface area contributed by atoms with E-state index in [-0.39, 0.29) is 18.2 Å². The second kappa shape index (κ2) is 9.08. The van der Waals surface area contributed by atoms with Gasteiger partial charge in [-0.05, 0) is 37.0 Å². The fraction of sp³-hybridized carbons (Fsp3) is 0.429. The van der Waals surface area contributed by atoms with Crippen LogP contribution in [0.5, 0.6) is 0 Å². The normalized spacial score (nSPS) is 16.2. The topological polar surface area (TPSA) is 122 Å². The first kappa shape index (κ1) is 20.1. The Kier molecular flexibility index (Phi) is 6.08. The third-order valence-electron chi connectivity index (χ3n) is 5.16. The van der Waals surface area contributed by atoms with Crippen molar-refractivity contribution in [3.8, 4) is 0 Å². The summed E-state index contributed by atoms with van der Waals surface area (Å²) in [6.07, 6.45) is 4.30. The van der Waals surface area contributed by atoms with Gasteiger partial charge >= 0.3 is 0 Å². The number of ether oxygens (including phenoxy) is 1. The van der Waals surface area contributed by atoms with E-state index in [1.165, 1.54) is 0 Å². The molecule has 1 saturated heterocycles. The van der Waals surface area contributed by atoms with E-state index < -0.39 is 0 Å². The van der Waals surface area contributed by atoms with Gasteiger partial charge in [-0.25, -0.2) is 4.98 Å². The minimum Gasteiger partial charge on any atom is -0.378 e. The lowest BCUT2D eigenvalue weighted by atomic mass is 10.1. The number of carbonyl (C=O) groups is 2. The van der Waals surface area contributed by atoms with Crippen LogP contribution in [-0.2, 0) is 9.53 Å². The average molecular weight is 410 g/mol. The molecule has 1 aromatic heterocycles. The van der Waals surface area contributed by atoms with Gasteiger partial charge in [-0.2, -0.15) is 4.98 Å². The van der Waals surface area contributed by atoms with Crippen molar-refractivity contribution in [3.63, 3.8) is 0 Å². The monoisotopic (exact) mass is 410 g/mol. The number of benzene rings is 1. The molecule has 4 N–H and O–H groups in total. The van der Waals surface area contributed by atoms with Gasteiger partial charge in [0.1, 0.15) is 5.82 Å². The first-order valence-electron chi connectivity index (χ1n) is 10.2. The zero-order valence-electron chi connectivity index (χ0n) is 16.8. The van der Waals surface area contributed by atoms with Gasteiger partial charge in [-0.15, -0.1) is 0 Å². The lowest BCUT2D eigenvalue weighted by Gasteiger charge is -2.27. The second-order valence-electron chi connectivity index (χ2n) is 7.53. The highest BCUT2D eigenvalue weighted by Gasteiger charge is 2.27. The van der Waals surface area contributed by atoms with E-state index in [0.29, 0.717) is 50.3 Å². The minimum atomic E-state index is -0.357. The zero-order valence-corrected chi connectivity index (χ0v) is 16.8. The number of nitrogens with two attached hydrogens (primary N) is 1. The number of anilines is 3. The Labute approximate surface area is 175 Å². The molecule has 158 valence electrons. The Hall–Kier alpha value is -3.20. The fourth-order valence-corrected chi connectivity index (χ4v) is 3.40. The summed E-state index contributed by atoms with van der Waals surface area (Å²) in [6.45, 7) is 2.76. The van der Waals surface area contributed by atoms with Gasteiger partial charge in [0, 0.05) is 49.1 Å². The summed E-state index contributed by atoms with van der Waals surface area (Å²) < 4.78 is 5.32. The number of primary amides is 1. The van der Waals surface area contributed by atoms with E-state index >= 15 is 0 Å². The molecule has 0 spiro atoms. The molecule has 1 aliphatic carbocycles. The van der Waals surface area contributed by atoms with Crippen LogP contribution < -0.4 is 16.4 Å². The van der Waals surface area contributed by atoms with Crippen molar-refractivity contribution >= 4 is 29.3 Å². The van der Waals surface area contributed by atoms with Crippen molar-refractivity contribution in [2.24, 2.45) is 5.73 Å². The van der Waals surface area contributed by atoms with Crippen molar-refractivity contribution in [3.05, 3.63) is 41.6 Å². The van der Waals surface area contributed by atoms with Crippen molar-refractivity contribution in [2.45, 2.75) is 25.2 Å². The predicted octanol–water partition coefficient (Wildman–Crippen LogP) is 1.86. The molecule has 2 heterocycles. The summed E-state index contributed by atoms with van der Waals surface area (Å²) >= 11 is 0. The zero-order chi connectivity index (χ0) is 20.9. The summed E-state index contributed by atoms with van der Waals surface area (Å²) in [5, 5.41) is 6.38. The fourth-order valence-electron chi connectivity index (χ4n) is 3.40. The molecule has 0 bridgehead atoms. The van der Waals surface area contributed by atoms with Crippen molar-refractivity contribution in [2.75, 3.05) is 43.5 Å². The number of hydrogen-bond acceptors (Lipinski definition) is 7. The number of rotatable bonds is 8. The van der Waals surface area contributed by atoms with E-state index in [4.69, 9.17) is 10.5 Å². The molecule has 0 unspecified atom stereocenters. The van der Waals surface area contributed by atoms with Crippen LogP contribution in [0.1, 0.15) is 41.1 Å². The predicted molar refractivity (Wildman–Crippen MR) is 113 cm³/mol. The summed E-state index contributed by atoms with van der Waals surface area (Å²) in [7, 11) is 0. The van der Waals surface area contributed by atoms with Gasteiger partial charge in [0.2, 0.25) is 11.9 Å². The average Bonchev–Trinajstić information content (AvgIpc) is 3.59. The smallest absolute Gasteiger partial charge is 0.254 e. The van der Waals surface area contributed by atoms with E-state index in [1.807, 2.05) is 18.3 Å². The maximum absolute atomic E-state index is 12.7. The molecule has 2 aliphatic rings. The van der Waals surface area contributed by atoms with Crippen LogP contribution in [0, 0.1) is 0 Å². The van der Waals surface area contributed by atoms with Gasteiger partial charge in [0.05, 0.1) is 13.2 Å². The molecule has 30 heavy (non-hydrogen) atoms. The van der Waals surface area contributed by atoms with Crippen LogP contribution in [0.15, 0.2) is 30.5 Å². The van der Waals surface area contributed by atoms with Crippen LogP contribution in [0.3, 0.4) is 0 Å². The number of carbonyl (C=O) groups excluding carboxylic acids is 2. The number of nitrogens with zero attached hydrogens (tertiary/aromatic N) is 3. The van der Waals surface area contributed by atoms with Gasteiger partial charge < -0.3 is 26.0 Å². The lowest BCUT2D eigenvalue weighted by Crippen LogP contribution is -2.40. The van der Waals surface area contributed by atoms with Crippen molar-refractivity contribution < 1.29 is 14.3 Å². The first-order valence-corrected chi connectivity index (χ1v) is 10.2. The van der Waals surface area contributed by atoms with E-state index in [1.54, 1.807) is 17.0 Å². The Morgan fingerprint density at radius 1 is 1.23 bits per heavy atom. The highest BCUT2D eigenvalue weighted by atomic mass is 16.5. The quantitative estimate of drug-likeness (QED) is 0.607. The maximum atomic E-state index is 12.7. The molecular formula is C21H26N6O3. The van der Waals surface area contributed by atoms with E-state index in [2.05, 4.69) is 20.6 Å². The molecule has 1 aliphatic heterocycles. The summed E-state index contributed by atoms with van der Waals surface area (Å²) in [6, 6.07) is 7.31. The summed E-state index contributed by atoms with van der Waals surface area (Å²) in [5.41, 5.74) is 7.63. The SMILES string of the molecule is NC(=O)CCNc1nc(Nc2cccc(C(=O)N3CCOCC3)c2)ncc1C1CC1. The van der Waals surface area contributed by atoms with Crippen molar-refractivity contribution in [1.29, 1.82) is 0 Å². The van der Waals surface area contributed by atoms with Crippen LogP contribution in [0.25, 0.3) is 0 Å². The number of aromatic nitrogens is 2. The Morgan fingerprint density at radius 3 is 2.77 bits per heavy atom. The van der Waals surface area contributed by atoms with Crippen molar-refractivity contribution in [1.82, 2.24) is 14.9 Å². The first-order chi connectivity index (χ1) is 14.6. The van der Waals surface area contributed by atoms with Gasteiger partial charge in [-0.3, -0.25) is 9.59 Å². The summed E-state index contributed by atoms with van der Waals surface area (Å²) in [5.74, 6) is 1.24. The summed E-state index contributed by atoms with van der Waals surface area (Å²) in [4.78, 5) is 34.6. The van der Waals surface area contributed by atoms with Gasteiger partial charge in [0.25, 0.3) is 5.91 Å². The van der Waals surface area contributed by atoms with Crippen LogP contribution in [0.2, 0.25) is 0 Å². The molecule has 1 aromatic carbocycles. The third kappa shape index (κ3) is 5.04. The van der Waals surface area contributed by atoms with Gasteiger partial charge in [0.15, 0.2) is 0 Å². The molecule has 9 heteroatoms. The van der Waals surface area contributed by atoms with E-state index in [0.717, 1.165) is 29.9 Å². The molecule has 0 radical (unpaired) electrons. The number of hydrogen-bond donors (Lipinski definition) is 3. The molecular weight excluding hydrogens is 384 g/mol. The molecule has 4 rings (SSSR count). The Morgan fingerprint density at radius 2 is 2.03 bits per heavy atom. The standard InChI is InChI=1S/C21H26N6O3/c22-18(28)6-7-23-19-17(14-4-5-14)13-24-21(26-19)25-16-3-1-2-15(12-16)20(29)27-8-10-30-11-9-27/h1-3,12-14H,4-11H2,(H2,22,28)(H2,23,24,25,26). The highest BCUT2D eigenvalue weighted by molar-refractivity contribution is 5.95. The number of morpholine rings is 1. The molecule has 2 fully saturated rings. The Bertz CT molecular complexity index is 925. The van der Waals surface area contributed by atoms with Crippen LogP contribution in [-0.4, -0.2) is 59.5 Å². The molecule has 0 atom stereocenters. The number of nitrogens with one attached hydrogen (secondary N) is 2. The lowest BCUT2D eigenvalue weighted by molar-refractivity contribution is -0.117. The van der Waals surface area contributed by atoms with Crippen LogP contribution in [0.4, 0.5) is 17.5 Å². The van der Waals surface area contributed by atoms with E-state index in [9.17, 15) is 9.59 Å². The molecule has 2 aromatic rings. The highest BCUT2D eigenvalue weighted by Crippen LogP contribution is 2.42. The maximum Gasteiger partial charge on any atom is 0.254 e. The second-order valence-corrected chi connectivity index (χ2v) is 7.53. The third-order valence-corrected chi connectivity index (χ3v) is 5.16. The molecule has 2 amide bonds. The van der Waals surface area contributed by atoms with Crippen LogP contribution >= 0.6 is 0 Å². The largest absolute Gasteiger partial charge is 0.378 e. The minimum absolute atomic E-state index is 0.0132. The number of amides is 2.